The van der Waals surface area contributed by atoms with Gasteiger partial charge in [0.1, 0.15) is 0 Å². The van der Waals surface area contributed by atoms with Gasteiger partial charge in [-0.05, 0) is 36.5 Å². The summed E-state index contributed by atoms with van der Waals surface area (Å²) < 4.78 is 5.63. The summed E-state index contributed by atoms with van der Waals surface area (Å²) in [5.41, 5.74) is 4.00. The summed E-state index contributed by atoms with van der Waals surface area (Å²) in [5.74, 6) is -1.89. The van der Waals surface area contributed by atoms with Gasteiger partial charge in [0.05, 0.1) is 12.5 Å². The number of carboxylic acids is 1. The molecule has 5 heteroatoms. The topological polar surface area (TPSA) is 75.6 Å². The van der Waals surface area contributed by atoms with Crippen molar-refractivity contribution in [3.8, 4) is 0 Å². The molecule has 5 nitrogen and oxygen atoms in total. The Balaban J connectivity index is 1.64. The second-order valence-electron chi connectivity index (χ2n) is 6.67. The SMILES string of the molecule is Cc1cccc(CC(CNC(=O)C2OCCc3ccccc32)C(=O)O)c1. The van der Waals surface area contributed by atoms with Gasteiger partial charge in [-0.15, -0.1) is 0 Å². The van der Waals surface area contributed by atoms with Crippen molar-refractivity contribution < 1.29 is 19.4 Å². The van der Waals surface area contributed by atoms with Crippen LogP contribution in [0, 0.1) is 12.8 Å². The molecule has 0 aromatic heterocycles. The summed E-state index contributed by atoms with van der Waals surface area (Å²) in [6.45, 7) is 2.53. The molecule has 2 N–H and O–H groups in total. The molecule has 0 saturated carbocycles. The fraction of sp³-hybridized carbons (Fsp3) is 0.333. The van der Waals surface area contributed by atoms with E-state index in [-0.39, 0.29) is 12.5 Å². The van der Waals surface area contributed by atoms with Gasteiger partial charge in [0.15, 0.2) is 6.10 Å². The lowest BCUT2D eigenvalue weighted by Crippen LogP contribution is -2.38. The van der Waals surface area contributed by atoms with Crippen LogP contribution >= 0.6 is 0 Å². The quantitative estimate of drug-likeness (QED) is 0.837. The standard InChI is InChI=1S/C21H23NO4/c1-14-5-4-6-15(11-14)12-17(21(24)25)13-22-20(23)19-18-8-3-2-7-16(18)9-10-26-19/h2-8,11,17,19H,9-10,12-13H2,1H3,(H,22,23)(H,24,25). The molecular weight excluding hydrogens is 330 g/mol. The monoisotopic (exact) mass is 353 g/mol. The zero-order valence-electron chi connectivity index (χ0n) is 14.8. The molecule has 2 aromatic carbocycles. The number of carboxylic acid groups (broad SMARTS) is 1. The first kappa shape index (κ1) is 18.1. The number of amides is 1. The summed E-state index contributed by atoms with van der Waals surface area (Å²) in [6, 6.07) is 15.5. The van der Waals surface area contributed by atoms with Crippen LogP contribution in [0.1, 0.15) is 28.4 Å². The van der Waals surface area contributed by atoms with Gasteiger partial charge < -0.3 is 15.2 Å². The highest BCUT2D eigenvalue weighted by atomic mass is 16.5. The Labute approximate surface area is 153 Å². The van der Waals surface area contributed by atoms with Crippen LogP contribution in [0.2, 0.25) is 0 Å². The Bertz CT molecular complexity index is 802. The molecule has 1 heterocycles. The summed E-state index contributed by atoms with van der Waals surface area (Å²) in [6.07, 6.45) is 0.484. The van der Waals surface area contributed by atoms with E-state index < -0.39 is 18.0 Å². The zero-order valence-corrected chi connectivity index (χ0v) is 14.8. The lowest BCUT2D eigenvalue weighted by Gasteiger charge is -2.25. The minimum Gasteiger partial charge on any atom is -0.481 e. The maximum absolute atomic E-state index is 12.6. The van der Waals surface area contributed by atoms with Crippen LogP contribution in [0.15, 0.2) is 48.5 Å². The Morgan fingerprint density at radius 3 is 2.81 bits per heavy atom. The minimum absolute atomic E-state index is 0.0735. The molecule has 0 bridgehead atoms. The Morgan fingerprint density at radius 2 is 2.04 bits per heavy atom. The number of fused-ring (bicyclic) bond motifs is 1. The third-order valence-electron chi connectivity index (χ3n) is 4.67. The number of aryl methyl sites for hydroxylation is 1. The number of aliphatic carboxylic acids is 1. The van der Waals surface area contributed by atoms with E-state index in [9.17, 15) is 14.7 Å². The van der Waals surface area contributed by atoms with E-state index in [1.165, 1.54) is 0 Å². The number of carbonyl (C=O) groups excluding carboxylic acids is 1. The molecule has 136 valence electrons. The molecule has 0 fully saturated rings. The fourth-order valence-corrected chi connectivity index (χ4v) is 3.30. The van der Waals surface area contributed by atoms with Crippen LogP contribution in [-0.4, -0.2) is 30.1 Å². The van der Waals surface area contributed by atoms with Gasteiger partial charge in [0.25, 0.3) is 5.91 Å². The van der Waals surface area contributed by atoms with Crippen LogP contribution in [0.4, 0.5) is 0 Å². The fourth-order valence-electron chi connectivity index (χ4n) is 3.30. The number of carbonyl (C=O) groups is 2. The average Bonchev–Trinajstić information content (AvgIpc) is 2.64. The number of hydrogen-bond acceptors (Lipinski definition) is 3. The van der Waals surface area contributed by atoms with Crippen molar-refractivity contribution in [1.82, 2.24) is 5.32 Å². The maximum atomic E-state index is 12.6. The van der Waals surface area contributed by atoms with Crippen LogP contribution < -0.4 is 5.32 Å². The molecule has 1 amide bonds. The maximum Gasteiger partial charge on any atom is 0.308 e. The third kappa shape index (κ3) is 4.29. The van der Waals surface area contributed by atoms with Gasteiger partial charge in [0.2, 0.25) is 0 Å². The average molecular weight is 353 g/mol. The summed E-state index contributed by atoms with van der Waals surface area (Å²) in [7, 11) is 0. The highest BCUT2D eigenvalue weighted by molar-refractivity contribution is 5.83. The van der Waals surface area contributed by atoms with Crippen LogP contribution in [-0.2, 0) is 27.2 Å². The molecule has 0 radical (unpaired) electrons. The molecule has 2 unspecified atom stereocenters. The number of nitrogens with one attached hydrogen (secondary N) is 1. The Hall–Kier alpha value is -2.66. The first-order valence-electron chi connectivity index (χ1n) is 8.80. The predicted molar refractivity (Wildman–Crippen MR) is 97.9 cm³/mol. The van der Waals surface area contributed by atoms with E-state index in [2.05, 4.69) is 5.32 Å². The molecule has 1 aliphatic heterocycles. The van der Waals surface area contributed by atoms with Gasteiger partial charge in [-0.25, -0.2) is 0 Å². The van der Waals surface area contributed by atoms with E-state index >= 15 is 0 Å². The lowest BCUT2D eigenvalue weighted by molar-refractivity contribution is -0.142. The Kier molecular flexibility index (Phi) is 5.68. The first-order chi connectivity index (χ1) is 12.5. The van der Waals surface area contributed by atoms with Crippen molar-refractivity contribution in [3.63, 3.8) is 0 Å². The first-order valence-corrected chi connectivity index (χ1v) is 8.80. The molecule has 26 heavy (non-hydrogen) atoms. The number of ether oxygens (including phenoxy) is 1. The van der Waals surface area contributed by atoms with Crippen LogP contribution in [0.25, 0.3) is 0 Å². The van der Waals surface area contributed by atoms with Gasteiger partial charge >= 0.3 is 5.97 Å². The van der Waals surface area contributed by atoms with E-state index in [1.54, 1.807) is 0 Å². The number of benzene rings is 2. The van der Waals surface area contributed by atoms with Gasteiger partial charge in [-0.3, -0.25) is 9.59 Å². The normalized spacial score (nSPS) is 17.2. The lowest BCUT2D eigenvalue weighted by atomic mass is 9.96. The Morgan fingerprint density at radius 1 is 1.23 bits per heavy atom. The van der Waals surface area contributed by atoms with E-state index in [4.69, 9.17) is 4.74 Å². The van der Waals surface area contributed by atoms with Crippen LogP contribution in [0.3, 0.4) is 0 Å². The molecule has 2 atom stereocenters. The number of rotatable bonds is 6. The van der Waals surface area contributed by atoms with Crippen molar-refractivity contribution in [3.05, 3.63) is 70.8 Å². The molecule has 1 aliphatic rings. The third-order valence-corrected chi connectivity index (χ3v) is 4.67. The second-order valence-corrected chi connectivity index (χ2v) is 6.67. The van der Waals surface area contributed by atoms with Gasteiger partial charge in [0, 0.05) is 6.54 Å². The predicted octanol–water partition coefficient (Wildman–Crippen LogP) is 2.67. The van der Waals surface area contributed by atoms with Crippen molar-refractivity contribution in [2.24, 2.45) is 5.92 Å². The number of hydrogen-bond donors (Lipinski definition) is 2. The van der Waals surface area contributed by atoms with E-state index in [0.717, 1.165) is 28.7 Å². The molecule has 0 saturated heterocycles. The molecule has 2 aromatic rings. The highest BCUT2D eigenvalue weighted by Gasteiger charge is 2.28. The zero-order chi connectivity index (χ0) is 18.5. The van der Waals surface area contributed by atoms with Crippen molar-refractivity contribution in [2.45, 2.75) is 25.9 Å². The molecular formula is C21H23NO4. The molecule has 3 rings (SSSR count). The molecule has 0 spiro atoms. The summed E-state index contributed by atoms with van der Waals surface area (Å²) >= 11 is 0. The minimum atomic E-state index is -0.920. The van der Waals surface area contributed by atoms with Gasteiger partial charge in [-0.2, -0.15) is 0 Å². The largest absolute Gasteiger partial charge is 0.481 e. The second kappa shape index (κ2) is 8.15. The highest BCUT2D eigenvalue weighted by Crippen LogP contribution is 2.27. The molecule has 0 aliphatic carbocycles. The van der Waals surface area contributed by atoms with Crippen molar-refractivity contribution in [2.75, 3.05) is 13.2 Å². The smallest absolute Gasteiger partial charge is 0.308 e. The summed E-state index contributed by atoms with van der Waals surface area (Å²) in [4.78, 5) is 24.2. The summed E-state index contributed by atoms with van der Waals surface area (Å²) in [5, 5.41) is 12.3. The van der Waals surface area contributed by atoms with Crippen LogP contribution in [0.5, 0.6) is 0 Å². The van der Waals surface area contributed by atoms with Crippen molar-refractivity contribution in [1.29, 1.82) is 0 Å². The van der Waals surface area contributed by atoms with E-state index in [1.807, 2.05) is 55.5 Å². The van der Waals surface area contributed by atoms with E-state index in [0.29, 0.717) is 13.0 Å². The van der Waals surface area contributed by atoms with Gasteiger partial charge in [-0.1, -0.05) is 54.1 Å². The van der Waals surface area contributed by atoms with Crippen molar-refractivity contribution >= 4 is 11.9 Å².